The fourth-order valence-corrected chi connectivity index (χ4v) is 1.78. The Morgan fingerprint density at radius 2 is 1.90 bits per heavy atom. The number of hydrogen-bond acceptors (Lipinski definition) is 5. The highest BCUT2D eigenvalue weighted by Gasteiger charge is 2.15. The molecule has 0 aliphatic rings. The Labute approximate surface area is 122 Å². The van der Waals surface area contributed by atoms with Crippen LogP contribution in [-0.4, -0.2) is 19.0 Å². The van der Waals surface area contributed by atoms with Gasteiger partial charge in [0.15, 0.2) is 0 Å². The Bertz CT molecular complexity index is 720. The van der Waals surface area contributed by atoms with E-state index in [2.05, 4.69) is 0 Å². The van der Waals surface area contributed by atoms with Crippen molar-refractivity contribution in [1.82, 2.24) is 0 Å². The van der Waals surface area contributed by atoms with Crippen molar-refractivity contribution in [2.75, 3.05) is 19.0 Å². The van der Waals surface area contributed by atoms with Crippen molar-refractivity contribution < 1.29 is 9.66 Å². The molecule has 2 rings (SSSR count). The van der Waals surface area contributed by atoms with Gasteiger partial charge in [0.2, 0.25) is 0 Å². The third-order valence-electron chi connectivity index (χ3n) is 2.86. The highest BCUT2D eigenvalue weighted by atomic mass is 16.6. The molecule has 0 fully saturated rings. The molecular formula is C15H13N3O3. The molecule has 106 valence electrons. The smallest absolute Gasteiger partial charge is 0.290 e. The van der Waals surface area contributed by atoms with Crippen LogP contribution < -0.4 is 9.64 Å². The predicted molar refractivity (Wildman–Crippen MR) is 78.7 cm³/mol. The Morgan fingerprint density at radius 1 is 1.19 bits per heavy atom. The first kappa shape index (κ1) is 14.3. The van der Waals surface area contributed by atoms with Gasteiger partial charge in [-0.2, -0.15) is 5.26 Å². The van der Waals surface area contributed by atoms with Gasteiger partial charge in [-0.05, 0) is 24.3 Å². The summed E-state index contributed by atoms with van der Waals surface area (Å²) < 4.78 is 5.62. The van der Waals surface area contributed by atoms with Crippen LogP contribution in [0.2, 0.25) is 0 Å². The SMILES string of the molecule is CN(C)c1cccc(Oc2ccc(C#N)c([N+](=O)[O-])c2)c1. The first-order chi connectivity index (χ1) is 10.0. The number of nitrogens with zero attached hydrogens (tertiary/aromatic N) is 3. The van der Waals surface area contributed by atoms with E-state index in [4.69, 9.17) is 10.00 Å². The minimum Gasteiger partial charge on any atom is -0.457 e. The maximum absolute atomic E-state index is 10.9. The van der Waals surface area contributed by atoms with Crippen molar-refractivity contribution in [1.29, 1.82) is 5.26 Å². The van der Waals surface area contributed by atoms with E-state index in [1.54, 1.807) is 12.1 Å². The second-order valence-corrected chi connectivity index (χ2v) is 4.54. The van der Waals surface area contributed by atoms with Gasteiger partial charge >= 0.3 is 0 Å². The summed E-state index contributed by atoms with van der Waals surface area (Å²) in [5, 5.41) is 19.8. The molecule has 0 spiro atoms. The average molecular weight is 283 g/mol. The summed E-state index contributed by atoms with van der Waals surface area (Å²) in [5.74, 6) is 0.886. The van der Waals surface area contributed by atoms with Crippen molar-refractivity contribution in [3.8, 4) is 17.6 Å². The lowest BCUT2D eigenvalue weighted by Crippen LogP contribution is -2.08. The van der Waals surface area contributed by atoms with Crippen LogP contribution >= 0.6 is 0 Å². The standard InChI is InChI=1S/C15H13N3O3/c1-17(2)12-4-3-5-13(8-12)21-14-7-6-11(10-16)15(9-14)18(19)20/h3-9H,1-2H3. The summed E-state index contributed by atoms with van der Waals surface area (Å²) in [6.07, 6.45) is 0. The molecule has 0 N–H and O–H groups in total. The topological polar surface area (TPSA) is 79.4 Å². The van der Waals surface area contributed by atoms with E-state index in [1.807, 2.05) is 37.2 Å². The van der Waals surface area contributed by atoms with Gasteiger partial charge in [0.25, 0.3) is 5.69 Å². The second kappa shape index (κ2) is 5.92. The maximum atomic E-state index is 10.9. The van der Waals surface area contributed by atoms with Crippen LogP contribution in [0.25, 0.3) is 0 Å². The van der Waals surface area contributed by atoms with Crippen molar-refractivity contribution in [3.63, 3.8) is 0 Å². The van der Waals surface area contributed by atoms with Crippen LogP contribution in [0, 0.1) is 21.4 Å². The monoisotopic (exact) mass is 283 g/mol. The van der Waals surface area contributed by atoms with Gasteiger partial charge in [0.1, 0.15) is 23.1 Å². The maximum Gasteiger partial charge on any atom is 0.290 e. The number of ether oxygens (including phenoxy) is 1. The fraction of sp³-hybridized carbons (Fsp3) is 0.133. The molecule has 0 unspecified atom stereocenters. The average Bonchev–Trinajstić information content (AvgIpc) is 2.47. The van der Waals surface area contributed by atoms with Gasteiger partial charge in [-0.3, -0.25) is 10.1 Å². The molecule has 0 atom stereocenters. The van der Waals surface area contributed by atoms with Gasteiger partial charge in [0, 0.05) is 25.8 Å². The van der Waals surface area contributed by atoms with Gasteiger partial charge in [-0.15, -0.1) is 0 Å². The Kier molecular flexibility index (Phi) is 4.05. The van der Waals surface area contributed by atoms with E-state index >= 15 is 0 Å². The zero-order chi connectivity index (χ0) is 15.4. The second-order valence-electron chi connectivity index (χ2n) is 4.54. The lowest BCUT2D eigenvalue weighted by atomic mass is 10.2. The van der Waals surface area contributed by atoms with Gasteiger partial charge < -0.3 is 9.64 Å². The number of rotatable bonds is 4. The Morgan fingerprint density at radius 3 is 2.52 bits per heavy atom. The lowest BCUT2D eigenvalue weighted by molar-refractivity contribution is -0.385. The van der Waals surface area contributed by atoms with Crippen LogP contribution in [0.15, 0.2) is 42.5 Å². The first-order valence-electron chi connectivity index (χ1n) is 6.15. The molecule has 0 bridgehead atoms. The number of anilines is 1. The van der Waals surface area contributed by atoms with Crippen molar-refractivity contribution in [2.24, 2.45) is 0 Å². The lowest BCUT2D eigenvalue weighted by Gasteiger charge is -2.14. The predicted octanol–water partition coefficient (Wildman–Crippen LogP) is 3.32. The Balaban J connectivity index is 2.32. The third-order valence-corrected chi connectivity index (χ3v) is 2.86. The van der Waals surface area contributed by atoms with Crippen LogP contribution in [0.3, 0.4) is 0 Å². The molecule has 2 aromatic rings. The van der Waals surface area contributed by atoms with Gasteiger partial charge in [-0.25, -0.2) is 0 Å². The molecule has 2 aromatic carbocycles. The number of nitro benzene ring substituents is 1. The van der Waals surface area contributed by atoms with Gasteiger partial charge in [-0.1, -0.05) is 6.07 Å². The van der Waals surface area contributed by atoms with E-state index in [0.717, 1.165) is 5.69 Å². The van der Waals surface area contributed by atoms with E-state index in [-0.39, 0.29) is 11.3 Å². The molecule has 0 aliphatic carbocycles. The van der Waals surface area contributed by atoms with E-state index in [1.165, 1.54) is 18.2 Å². The molecule has 0 saturated carbocycles. The van der Waals surface area contributed by atoms with E-state index in [0.29, 0.717) is 11.5 Å². The molecule has 21 heavy (non-hydrogen) atoms. The Hall–Kier alpha value is -3.07. The van der Waals surface area contributed by atoms with Crippen LogP contribution in [-0.2, 0) is 0 Å². The molecule has 0 amide bonds. The third kappa shape index (κ3) is 3.28. The highest BCUT2D eigenvalue weighted by molar-refractivity contribution is 5.54. The molecule has 0 saturated heterocycles. The summed E-state index contributed by atoms with van der Waals surface area (Å²) in [4.78, 5) is 12.3. The summed E-state index contributed by atoms with van der Waals surface area (Å²) >= 11 is 0. The quantitative estimate of drug-likeness (QED) is 0.635. The summed E-state index contributed by atoms with van der Waals surface area (Å²) in [5.41, 5.74) is 0.698. The molecular weight excluding hydrogens is 270 g/mol. The molecule has 0 aliphatic heterocycles. The minimum absolute atomic E-state index is 0.00870. The number of benzene rings is 2. The van der Waals surface area contributed by atoms with Crippen molar-refractivity contribution in [3.05, 3.63) is 58.1 Å². The zero-order valence-electron chi connectivity index (χ0n) is 11.6. The fourth-order valence-electron chi connectivity index (χ4n) is 1.78. The molecule has 6 nitrogen and oxygen atoms in total. The van der Waals surface area contributed by atoms with Crippen LogP contribution in [0.4, 0.5) is 11.4 Å². The number of nitro groups is 1. The van der Waals surface area contributed by atoms with Gasteiger partial charge in [0.05, 0.1) is 11.0 Å². The summed E-state index contributed by atoms with van der Waals surface area (Å²) in [7, 11) is 3.82. The van der Waals surface area contributed by atoms with Crippen LogP contribution in [0.5, 0.6) is 11.5 Å². The molecule has 0 heterocycles. The molecule has 0 aromatic heterocycles. The molecule has 0 radical (unpaired) electrons. The van der Waals surface area contributed by atoms with E-state index < -0.39 is 4.92 Å². The largest absolute Gasteiger partial charge is 0.457 e. The normalized spacial score (nSPS) is 9.76. The summed E-state index contributed by atoms with van der Waals surface area (Å²) in [6, 6.07) is 13.3. The number of nitriles is 1. The minimum atomic E-state index is -0.596. The zero-order valence-corrected chi connectivity index (χ0v) is 11.6. The number of hydrogen-bond donors (Lipinski definition) is 0. The highest BCUT2D eigenvalue weighted by Crippen LogP contribution is 2.29. The first-order valence-corrected chi connectivity index (χ1v) is 6.15. The van der Waals surface area contributed by atoms with Crippen LogP contribution in [0.1, 0.15) is 5.56 Å². The van der Waals surface area contributed by atoms with Crippen molar-refractivity contribution >= 4 is 11.4 Å². The molecule has 6 heteroatoms. The van der Waals surface area contributed by atoms with E-state index in [9.17, 15) is 10.1 Å². The van der Waals surface area contributed by atoms with Crippen molar-refractivity contribution in [2.45, 2.75) is 0 Å². The summed E-state index contributed by atoms with van der Waals surface area (Å²) in [6.45, 7) is 0.